The fourth-order valence-corrected chi connectivity index (χ4v) is 1.77. The van der Waals surface area contributed by atoms with Gasteiger partial charge in [0.2, 0.25) is 0 Å². The first-order valence-electron chi connectivity index (χ1n) is 5.82. The first-order chi connectivity index (χ1) is 8.16. The number of hydrogen-bond donors (Lipinski definition) is 1. The van der Waals surface area contributed by atoms with Crippen LogP contribution in [0.1, 0.15) is 31.4 Å². The van der Waals surface area contributed by atoms with Gasteiger partial charge in [0.15, 0.2) is 0 Å². The second kappa shape index (κ2) is 6.74. The zero-order valence-electron chi connectivity index (χ0n) is 10.2. The van der Waals surface area contributed by atoms with Crippen LogP contribution < -0.4 is 0 Å². The van der Waals surface area contributed by atoms with Crippen LogP contribution in [0.2, 0.25) is 0 Å². The summed E-state index contributed by atoms with van der Waals surface area (Å²) in [5.74, 6) is 0. The van der Waals surface area contributed by atoms with Gasteiger partial charge in [-0.2, -0.15) is 0 Å². The van der Waals surface area contributed by atoms with Crippen LogP contribution in [-0.4, -0.2) is 22.6 Å². The maximum atomic E-state index is 11.2. The van der Waals surface area contributed by atoms with Gasteiger partial charge in [-0.1, -0.05) is 36.4 Å². The average Bonchev–Trinajstić information content (AvgIpc) is 2.34. The van der Waals surface area contributed by atoms with E-state index in [2.05, 4.69) is 6.58 Å². The van der Waals surface area contributed by atoms with E-state index in [0.717, 1.165) is 18.4 Å². The molecule has 0 saturated heterocycles. The van der Waals surface area contributed by atoms with E-state index in [1.807, 2.05) is 43.3 Å². The van der Waals surface area contributed by atoms with E-state index in [1.54, 1.807) is 0 Å². The molecule has 0 heterocycles. The molecule has 17 heavy (non-hydrogen) atoms. The zero-order valence-corrected chi connectivity index (χ0v) is 10.2. The maximum absolute atomic E-state index is 11.2. The smallest absolute Gasteiger partial charge is 0.407 e. The molecule has 1 amide bonds. The van der Waals surface area contributed by atoms with Crippen molar-refractivity contribution in [2.24, 2.45) is 0 Å². The Morgan fingerprint density at radius 1 is 1.47 bits per heavy atom. The van der Waals surface area contributed by atoms with Gasteiger partial charge in [0.25, 0.3) is 0 Å². The molecule has 3 heteroatoms. The summed E-state index contributed by atoms with van der Waals surface area (Å²) in [5, 5.41) is 9.20. The fourth-order valence-electron chi connectivity index (χ4n) is 1.77. The van der Waals surface area contributed by atoms with Gasteiger partial charge in [0, 0.05) is 6.54 Å². The van der Waals surface area contributed by atoms with E-state index in [4.69, 9.17) is 0 Å². The highest BCUT2D eigenvalue weighted by molar-refractivity contribution is 5.65. The lowest BCUT2D eigenvalue weighted by atomic mass is 10.1. The number of amides is 1. The number of unbranched alkanes of at least 4 members (excludes halogenated alkanes) is 1. The van der Waals surface area contributed by atoms with Gasteiger partial charge in [-0.3, -0.25) is 0 Å². The summed E-state index contributed by atoms with van der Waals surface area (Å²) < 4.78 is 0. The highest BCUT2D eigenvalue weighted by atomic mass is 16.4. The molecule has 0 radical (unpaired) electrons. The van der Waals surface area contributed by atoms with Crippen LogP contribution >= 0.6 is 0 Å². The third-order valence-corrected chi connectivity index (χ3v) is 2.80. The predicted octanol–water partition coefficient (Wildman–Crippen LogP) is 3.69. The summed E-state index contributed by atoms with van der Waals surface area (Å²) in [5.41, 5.74) is 1.02. The number of carboxylic acid groups (broad SMARTS) is 1. The quantitative estimate of drug-likeness (QED) is 0.601. The van der Waals surface area contributed by atoms with Crippen LogP contribution in [0.3, 0.4) is 0 Å². The fraction of sp³-hybridized carbons (Fsp3) is 0.357. The Balaban J connectivity index is 2.70. The molecular formula is C14H19NO2. The second-order valence-electron chi connectivity index (χ2n) is 3.99. The summed E-state index contributed by atoms with van der Waals surface area (Å²) in [4.78, 5) is 12.7. The van der Waals surface area contributed by atoms with Crippen molar-refractivity contribution in [1.82, 2.24) is 4.90 Å². The molecule has 0 aromatic heterocycles. The molecule has 3 nitrogen and oxygen atoms in total. The van der Waals surface area contributed by atoms with Gasteiger partial charge >= 0.3 is 6.09 Å². The Kier molecular flexibility index (Phi) is 5.27. The van der Waals surface area contributed by atoms with Crippen molar-refractivity contribution in [3.05, 3.63) is 48.6 Å². The SMILES string of the molecule is C=CCCCN(C(=O)O)C(C)c1ccccc1. The van der Waals surface area contributed by atoms with Crippen LogP contribution in [0, 0.1) is 0 Å². The topological polar surface area (TPSA) is 40.5 Å². The highest BCUT2D eigenvalue weighted by Gasteiger charge is 2.19. The molecule has 1 unspecified atom stereocenters. The minimum absolute atomic E-state index is 0.112. The zero-order chi connectivity index (χ0) is 12.7. The number of hydrogen-bond acceptors (Lipinski definition) is 1. The van der Waals surface area contributed by atoms with E-state index >= 15 is 0 Å². The van der Waals surface area contributed by atoms with E-state index in [0.29, 0.717) is 6.54 Å². The molecule has 0 aliphatic heterocycles. The van der Waals surface area contributed by atoms with Crippen molar-refractivity contribution < 1.29 is 9.90 Å². The van der Waals surface area contributed by atoms with Gasteiger partial charge in [-0.05, 0) is 25.3 Å². The Bertz CT molecular complexity index is 362. The van der Waals surface area contributed by atoms with Crippen LogP contribution in [-0.2, 0) is 0 Å². The second-order valence-corrected chi connectivity index (χ2v) is 3.99. The Morgan fingerprint density at radius 3 is 2.65 bits per heavy atom. The first kappa shape index (κ1) is 13.3. The first-order valence-corrected chi connectivity index (χ1v) is 5.82. The average molecular weight is 233 g/mol. The number of allylic oxidation sites excluding steroid dienone is 1. The number of nitrogens with zero attached hydrogens (tertiary/aromatic N) is 1. The van der Waals surface area contributed by atoms with E-state index < -0.39 is 6.09 Å². The van der Waals surface area contributed by atoms with Crippen molar-refractivity contribution >= 4 is 6.09 Å². The largest absolute Gasteiger partial charge is 0.465 e. The number of rotatable bonds is 6. The third kappa shape index (κ3) is 3.94. The molecule has 92 valence electrons. The molecule has 1 N–H and O–H groups in total. The van der Waals surface area contributed by atoms with Gasteiger partial charge in [-0.25, -0.2) is 4.79 Å². The third-order valence-electron chi connectivity index (χ3n) is 2.80. The van der Waals surface area contributed by atoms with Gasteiger partial charge < -0.3 is 10.0 Å². The van der Waals surface area contributed by atoms with E-state index in [1.165, 1.54) is 4.90 Å². The number of benzene rings is 1. The Morgan fingerprint density at radius 2 is 2.12 bits per heavy atom. The van der Waals surface area contributed by atoms with Crippen LogP contribution in [0.25, 0.3) is 0 Å². The molecule has 1 rings (SSSR count). The summed E-state index contributed by atoms with van der Waals surface area (Å²) in [7, 11) is 0. The normalized spacial score (nSPS) is 11.8. The van der Waals surface area contributed by atoms with Crippen molar-refractivity contribution in [2.75, 3.05) is 6.54 Å². The molecule has 0 aliphatic carbocycles. The molecule has 1 aromatic carbocycles. The molecule has 0 fully saturated rings. The van der Waals surface area contributed by atoms with Crippen molar-refractivity contribution in [1.29, 1.82) is 0 Å². The molecule has 0 saturated carbocycles. The lowest BCUT2D eigenvalue weighted by Gasteiger charge is -2.26. The van der Waals surface area contributed by atoms with Gasteiger partial charge in [-0.15, -0.1) is 6.58 Å². The summed E-state index contributed by atoms with van der Waals surface area (Å²) in [6, 6.07) is 9.57. The monoisotopic (exact) mass is 233 g/mol. The van der Waals surface area contributed by atoms with Crippen LogP contribution in [0.5, 0.6) is 0 Å². The molecule has 1 aromatic rings. The minimum atomic E-state index is -0.870. The van der Waals surface area contributed by atoms with Gasteiger partial charge in [0.05, 0.1) is 6.04 Å². The molecular weight excluding hydrogens is 214 g/mol. The molecule has 0 bridgehead atoms. The van der Waals surface area contributed by atoms with E-state index in [9.17, 15) is 9.90 Å². The van der Waals surface area contributed by atoms with Crippen LogP contribution in [0.4, 0.5) is 4.79 Å². The summed E-state index contributed by atoms with van der Waals surface area (Å²) in [6.07, 6.45) is 2.59. The molecule has 0 spiro atoms. The lowest BCUT2D eigenvalue weighted by molar-refractivity contribution is 0.127. The van der Waals surface area contributed by atoms with E-state index in [-0.39, 0.29) is 6.04 Å². The van der Waals surface area contributed by atoms with Gasteiger partial charge in [0.1, 0.15) is 0 Å². The predicted molar refractivity (Wildman–Crippen MR) is 69.0 cm³/mol. The summed E-state index contributed by atoms with van der Waals surface area (Å²) in [6.45, 7) is 6.09. The van der Waals surface area contributed by atoms with Crippen LogP contribution in [0.15, 0.2) is 43.0 Å². The van der Waals surface area contributed by atoms with Crippen molar-refractivity contribution in [2.45, 2.75) is 25.8 Å². The molecule has 1 atom stereocenters. The molecule has 0 aliphatic rings. The summed E-state index contributed by atoms with van der Waals surface area (Å²) >= 11 is 0. The highest BCUT2D eigenvalue weighted by Crippen LogP contribution is 2.20. The standard InChI is InChI=1S/C14H19NO2/c1-3-4-8-11-15(14(16)17)12(2)13-9-6-5-7-10-13/h3,5-7,9-10,12H,1,4,8,11H2,2H3,(H,16,17). The number of carbonyl (C=O) groups is 1. The lowest BCUT2D eigenvalue weighted by Crippen LogP contribution is -2.33. The Labute approximate surface area is 102 Å². The minimum Gasteiger partial charge on any atom is -0.465 e. The maximum Gasteiger partial charge on any atom is 0.407 e. The Hall–Kier alpha value is -1.77. The van der Waals surface area contributed by atoms with Crippen molar-refractivity contribution in [3.8, 4) is 0 Å². The van der Waals surface area contributed by atoms with Crippen molar-refractivity contribution in [3.63, 3.8) is 0 Å².